The number of aryl methyl sites for hydroxylation is 1. The first-order valence-corrected chi connectivity index (χ1v) is 53.0. The minimum atomic E-state index is -1.68. The third-order valence-electron chi connectivity index (χ3n) is 30.9. The summed E-state index contributed by atoms with van der Waals surface area (Å²) in [6.07, 6.45) is 1.90. The molecule has 0 fully saturated rings. The Bertz CT molecular complexity index is 10300. The number of hydrogen-bond donors (Lipinski definition) is 0. The summed E-state index contributed by atoms with van der Waals surface area (Å²) < 4.78 is 25.5. The van der Waals surface area contributed by atoms with Crippen molar-refractivity contribution in [2.24, 2.45) is 0 Å². The molecule has 29 aromatic rings. The van der Waals surface area contributed by atoms with E-state index in [1.807, 2.05) is 48.7 Å². The van der Waals surface area contributed by atoms with Crippen molar-refractivity contribution in [3.8, 4) is 95.5 Å². The van der Waals surface area contributed by atoms with Gasteiger partial charge in [-0.25, -0.2) is 9.97 Å². The van der Waals surface area contributed by atoms with Crippen LogP contribution < -0.4 is 5.19 Å². The molecule has 9 nitrogen and oxygen atoms in total. The van der Waals surface area contributed by atoms with Crippen molar-refractivity contribution in [2.45, 2.75) is 58.7 Å². The highest BCUT2D eigenvalue weighted by atomic mass is 28.3. The van der Waals surface area contributed by atoms with Crippen molar-refractivity contribution in [3.05, 3.63) is 467 Å². The van der Waals surface area contributed by atoms with Crippen LogP contribution in [0.2, 0.25) is 17.1 Å². The Morgan fingerprint density at radius 2 is 0.616 bits per heavy atom. The fourth-order valence-corrected chi connectivity index (χ4v) is 29.4. The first kappa shape index (κ1) is 87.0. The van der Waals surface area contributed by atoms with Gasteiger partial charge in [0.25, 0.3) is 0 Å². The maximum atomic E-state index is 6.15. The summed E-state index contributed by atoms with van der Waals surface area (Å²) >= 11 is 0. The van der Waals surface area contributed by atoms with Gasteiger partial charge in [0, 0.05) is 93.0 Å². The molecule has 0 atom stereocenters. The van der Waals surface area contributed by atoms with Crippen LogP contribution in [0.5, 0.6) is 0 Å². The SMILES string of the molecule is CC[Si](c1ccc2nc(-n3c4ccc(-c5ccc6oc7ccccc7c6c5)cc4c4c5ccccc5ccc43)ccc2c1)(C(C)C)C(C)C.Cc1cccc(-c2cc(-c3ccccc3)cc(-n3c4ccc(-c5ccc6oc7ccccc7c6c5)cc4c4c5ccccc5ccc43)n2)c1.c1ccc(-c2ccnc(-c3ccc(-n4c5ccc(-c6ccc7oc8ccccc8c7c6)cc5c5c6ccccc6ccc54)cc3)c2)cc1. The number of nitrogens with zero attached hydrogens (tertiary/aromatic N) is 6. The molecule has 146 heavy (non-hydrogen) atoms. The molecule has 29 rings (SSSR count). The standard InChI is InChI=1S/C46H30N2O.C45H40N2OSi.C45H28N2O/c1-29-10-9-14-34(24-29)40-27-35(30-11-3-2-4-12-30)28-45(47-40)48-41-21-19-32(26-39(41)46-36-15-6-5-13-31(36)18-22-42(46)48)33-20-23-44-38(25-33)37-16-7-8-17-43(37)49-44;1-6-49(28(2)3,29(4)5)34-19-20-39-33(25-34)18-24-44(46-39)47-40-21-16-31(27-38(40)45-35-12-8-7-11-30(35)15-22-41(45)47)32-17-23-43-37(26-32)36-13-9-10-14-42(36)48-43;1-2-8-29(9-3-1)34-24-25-46-40(28-34)31-14-19-35(20-15-31)47-41-21-17-32(27-39(41)45-36-11-5-4-10-30(36)16-22-42(45)47)33-18-23-44-38(26-33)37-12-6-7-13-43(37)48-44/h2-28H,1H3;7-29H,6H2,1-5H3;1-28H. The van der Waals surface area contributed by atoms with E-state index in [0.29, 0.717) is 11.1 Å². The Morgan fingerprint density at radius 3 is 1.09 bits per heavy atom. The third-order valence-corrected chi connectivity index (χ3v) is 37.6. The van der Waals surface area contributed by atoms with Gasteiger partial charge in [-0.2, -0.15) is 0 Å². The Morgan fingerprint density at radius 1 is 0.240 bits per heavy atom. The average Bonchev–Trinajstić information content (AvgIpc) is 1.56. The van der Waals surface area contributed by atoms with Crippen LogP contribution in [0.3, 0.4) is 0 Å². The third kappa shape index (κ3) is 14.7. The summed E-state index contributed by atoms with van der Waals surface area (Å²) in [5.41, 5.74) is 33.0. The Labute approximate surface area is 844 Å². The van der Waals surface area contributed by atoms with Crippen LogP contribution in [-0.2, 0) is 0 Å². The van der Waals surface area contributed by atoms with Crippen LogP contribution in [0.25, 0.3) is 270 Å². The summed E-state index contributed by atoms with van der Waals surface area (Å²) in [7, 11) is -1.68. The van der Waals surface area contributed by atoms with Gasteiger partial charge < -0.3 is 17.8 Å². The average molecular weight is 1890 g/mol. The van der Waals surface area contributed by atoms with E-state index in [0.717, 1.165) is 156 Å². The zero-order valence-electron chi connectivity index (χ0n) is 81.6. The minimum Gasteiger partial charge on any atom is -0.456 e. The first-order chi connectivity index (χ1) is 71.8. The molecule has 20 aromatic carbocycles. The number of para-hydroxylation sites is 3. The van der Waals surface area contributed by atoms with Crippen molar-refractivity contribution >= 4 is 188 Å². The van der Waals surface area contributed by atoms with E-state index >= 15 is 0 Å². The molecule has 0 bridgehead atoms. The molecule has 0 saturated heterocycles. The molecule has 9 aromatic heterocycles. The maximum absolute atomic E-state index is 6.15. The van der Waals surface area contributed by atoms with Crippen molar-refractivity contribution in [1.29, 1.82) is 0 Å². The summed E-state index contributed by atoms with van der Waals surface area (Å²) in [6.45, 7) is 14.2. The van der Waals surface area contributed by atoms with Crippen molar-refractivity contribution in [3.63, 3.8) is 0 Å². The van der Waals surface area contributed by atoms with Crippen LogP contribution >= 0.6 is 0 Å². The smallest absolute Gasteiger partial charge is 0.138 e. The fourth-order valence-electron chi connectivity index (χ4n) is 23.8. The molecule has 0 N–H and O–H groups in total. The lowest BCUT2D eigenvalue weighted by atomic mass is 9.99. The molecule has 0 saturated carbocycles. The predicted molar refractivity (Wildman–Crippen MR) is 616 cm³/mol. The normalized spacial score (nSPS) is 12.1. The van der Waals surface area contributed by atoms with E-state index in [1.165, 1.54) is 126 Å². The summed E-state index contributed by atoms with van der Waals surface area (Å²) in [5.74, 6) is 1.84. The molecule has 0 aliphatic rings. The number of hydrogen-bond acceptors (Lipinski definition) is 6. The molecular weight excluding hydrogens is 1790 g/mol. The number of benzene rings is 20. The van der Waals surface area contributed by atoms with Crippen LogP contribution in [0.4, 0.5) is 0 Å². The Balaban J connectivity index is 0.000000109. The van der Waals surface area contributed by atoms with Crippen molar-refractivity contribution in [2.75, 3.05) is 0 Å². The zero-order valence-corrected chi connectivity index (χ0v) is 82.6. The van der Waals surface area contributed by atoms with Gasteiger partial charge >= 0.3 is 0 Å². The van der Waals surface area contributed by atoms with Crippen LogP contribution in [0.15, 0.2) is 474 Å². The molecule has 0 radical (unpaired) electrons. The molecule has 0 amide bonds. The second kappa shape index (κ2) is 35.2. The molecular formula is C136H98N6O3Si. The molecule has 0 spiro atoms. The summed E-state index contributed by atoms with van der Waals surface area (Å²) in [6, 6.07) is 165. The Hall–Kier alpha value is -18.1. The van der Waals surface area contributed by atoms with E-state index in [2.05, 4.69) is 468 Å². The van der Waals surface area contributed by atoms with Crippen LogP contribution in [0, 0.1) is 6.92 Å². The molecule has 9 heterocycles. The van der Waals surface area contributed by atoms with Gasteiger partial charge in [-0.3, -0.25) is 14.1 Å². The zero-order chi connectivity index (χ0) is 97.5. The molecule has 0 aliphatic heterocycles. The van der Waals surface area contributed by atoms with E-state index in [1.54, 1.807) is 5.19 Å². The number of furan rings is 3. The number of rotatable bonds is 14. The maximum Gasteiger partial charge on any atom is 0.138 e. The van der Waals surface area contributed by atoms with Gasteiger partial charge in [-0.15, -0.1) is 0 Å². The lowest BCUT2D eigenvalue weighted by Crippen LogP contribution is -2.52. The lowest BCUT2D eigenvalue weighted by Gasteiger charge is -2.39. The highest BCUT2D eigenvalue weighted by Gasteiger charge is 2.40. The quantitative estimate of drug-likeness (QED) is 0.101. The lowest BCUT2D eigenvalue weighted by molar-refractivity contribution is 0.668. The monoisotopic (exact) mass is 1890 g/mol. The fraction of sp³-hybridized carbons (Fsp3) is 0.0662. The van der Waals surface area contributed by atoms with Crippen LogP contribution in [-0.4, -0.2) is 36.7 Å². The highest BCUT2D eigenvalue weighted by Crippen LogP contribution is 2.48. The number of fused-ring (bicyclic) bond motifs is 25. The van der Waals surface area contributed by atoms with Crippen molar-refractivity contribution < 1.29 is 13.3 Å². The molecule has 0 unspecified atom stereocenters. The van der Waals surface area contributed by atoms with Crippen molar-refractivity contribution in [1.82, 2.24) is 28.7 Å². The van der Waals surface area contributed by atoms with E-state index in [9.17, 15) is 0 Å². The van der Waals surface area contributed by atoms with Gasteiger partial charge in [0.2, 0.25) is 0 Å². The van der Waals surface area contributed by atoms with Gasteiger partial charge in [0.15, 0.2) is 0 Å². The topological polar surface area (TPSA) is 92.9 Å². The van der Waals surface area contributed by atoms with E-state index in [4.69, 9.17) is 28.2 Å². The van der Waals surface area contributed by atoms with Gasteiger partial charge in [-0.05, 0) is 276 Å². The Kier molecular flexibility index (Phi) is 21.0. The van der Waals surface area contributed by atoms with Gasteiger partial charge in [0.05, 0.1) is 58.1 Å². The summed E-state index contributed by atoms with van der Waals surface area (Å²) in [4.78, 5) is 15.4. The largest absolute Gasteiger partial charge is 0.456 e. The predicted octanol–water partition coefficient (Wildman–Crippen LogP) is 37.3. The second-order valence-electron chi connectivity index (χ2n) is 39.6. The summed E-state index contributed by atoms with van der Waals surface area (Å²) in [5, 5.41) is 24.5. The second-order valence-corrected chi connectivity index (χ2v) is 45.3. The first-order valence-electron chi connectivity index (χ1n) is 50.7. The molecule has 0 aliphatic carbocycles. The molecule has 694 valence electrons. The van der Waals surface area contributed by atoms with Gasteiger partial charge in [-0.1, -0.05) is 337 Å². The van der Waals surface area contributed by atoms with E-state index < -0.39 is 8.07 Å². The molecule has 10 heteroatoms. The number of aromatic nitrogens is 6. The van der Waals surface area contributed by atoms with Crippen LogP contribution in [0.1, 0.15) is 40.2 Å². The van der Waals surface area contributed by atoms with Gasteiger partial charge in [0.1, 0.15) is 45.1 Å². The number of pyridine rings is 3. The van der Waals surface area contributed by atoms with E-state index in [-0.39, 0.29) is 0 Å². The highest BCUT2D eigenvalue weighted by molar-refractivity contribution is 6.94. The minimum absolute atomic E-state index is 0.681.